The van der Waals surface area contributed by atoms with Gasteiger partial charge in [0.15, 0.2) is 6.61 Å². The summed E-state index contributed by atoms with van der Waals surface area (Å²) in [6.07, 6.45) is 6.41. The van der Waals surface area contributed by atoms with E-state index in [0.29, 0.717) is 17.4 Å². The molecule has 0 aliphatic carbocycles. The third kappa shape index (κ3) is 4.21. The Labute approximate surface area is 161 Å². The molecule has 4 aromatic rings. The molecule has 0 aliphatic heterocycles. The maximum atomic E-state index is 12.2. The Morgan fingerprint density at radius 1 is 1.00 bits per heavy atom. The predicted molar refractivity (Wildman–Crippen MR) is 105 cm³/mol. The van der Waals surface area contributed by atoms with Crippen molar-refractivity contribution in [3.8, 4) is 22.7 Å². The van der Waals surface area contributed by atoms with Crippen molar-refractivity contribution >= 4 is 11.7 Å². The Hall–Kier alpha value is -4.00. The van der Waals surface area contributed by atoms with Crippen LogP contribution in [-0.2, 0) is 4.79 Å². The minimum Gasteiger partial charge on any atom is -0.484 e. The number of aromatic nitrogens is 4. The predicted octanol–water partition coefficient (Wildman–Crippen LogP) is 3.35. The highest BCUT2D eigenvalue weighted by Crippen LogP contribution is 2.22. The van der Waals surface area contributed by atoms with Gasteiger partial charge >= 0.3 is 0 Å². The number of carbonyl (C=O) groups excluding carboxylic acids is 1. The maximum Gasteiger partial charge on any atom is 0.263 e. The molecule has 0 bridgehead atoms. The van der Waals surface area contributed by atoms with Crippen molar-refractivity contribution in [2.75, 3.05) is 11.9 Å². The van der Waals surface area contributed by atoms with E-state index in [1.165, 1.54) is 6.33 Å². The van der Waals surface area contributed by atoms with Crippen LogP contribution in [0.25, 0.3) is 16.9 Å². The number of amides is 1. The van der Waals surface area contributed by atoms with Gasteiger partial charge in [0.2, 0.25) is 0 Å². The molecule has 2 aromatic carbocycles. The number of benzene rings is 2. The van der Waals surface area contributed by atoms with Crippen molar-refractivity contribution in [2.45, 2.75) is 0 Å². The van der Waals surface area contributed by atoms with Crippen LogP contribution in [-0.4, -0.2) is 32.0 Å². The zero-order chi connectivity index (χ0) is 19.2. The monoisotopic (exact) mass is 371 g/mol. The second-order valence-electron chi connectivity index (χ2n) is 5.96. The van der Waals surface area contributed by atoms with Gasteiger partial charge in [-0.05, 0) is 23.3 Å². The number of anilines is 1. The summed E-state index contributed by atoms with van der Waals surface area (Å²) < 4.78 is 7.29. The van der Waals surface area contributed by atoms with Crippen molar-refractivity contribution in [1.29, 1.82) is 0 Å². The fourth-order valence-electron chi connectivity index (χ4n) is 2.65. The third-order valence-electron chi connectivity index (χ3n) is 4.02. The summed E-state index contributed by atoms with van der Waals surface area (Å²) in [4.78, 5) is 24.3. The summed E-state index contributed by atoms with van der Waals surface area (Å²) in [6, 6.07) is 19.3. The lowest BCUT2D eigenvalue weighted by atomic mass is 10.1. The number of nitrogens with one attached hydrogen (secondary N) is 1. The average Bonchev–Trinajstić information content (AvgIpc) is 3.29. The number of carbonyl (C=O) groups is 1. The number of rotatable bonds is 6. The van der Waals surface area contributed by atoms with Crippen LogP contribution in [0, 0.1) is 0 Å². The third-order valence-corrected chi connectivity index (χ3v) is 4.02. The number of hydrogen-bond donors (Lipinski definition) is 1. The Morgan fingerprint density at radius 2 is 1.79 bits per heavy atom. The summed E-state index contributed by atoms with van der Waals surface area (Å²) >= 11 is 0. The zero-order valence-corrected chi connectivity index (χ0v) is 14.9. The van der Waals surface area contributed by atoms with Gasteiger partial charge in [-0.25, -0.2) is 15.0 Å². The van der Waals surface area contributed by atoms with Gasteiger partial charge in [-0.1, -0.05) is 42.5 Å². The molecule has 1 amide bonds. The van der Waals surface area contributed by atoms with Gasteiger partial charge in [-0.15, -0.1) is 0 Å². The topological polar surface area (TPSA) is 81.9 Å². The number of imidazole rings is 1. The van der Waals surface area contributed by atoms with E-state index in [0.717, 1.165) is 11.1 Å². The van der Waals surface area contributed by atoms with Crippen LogP contribution in [0.5, 0.6) is 5.75 Å². The molecule has 0 aliphatic rings. The van der Waals surface area contributed by atoms with E-state index < -0.39 is 0 Å². The number of hydrogen-bond acceptors (Lipinski definition) is 5. The van der Waals surface area contributed by atoms with E-state index in [-0.39, 0.29) is 12.5 Å². The highest BCUT2D eigenvalue weighted by Gasteiger charge is 2.07. The van der Waals surface area contributed by atoms with Crippen LogP contribution in [0.1, 0.15) is 0 Å². The first kappa shape index (κ1) is 17.4. The highest BCUT2D eigenvalue weighted by atomic mass is 16.5. The Morgan fingerprint density at radius 3 is 2.54 bits per heavy atom. The molecule has 4 rings (SSSR count). The second kappa shape index (κ2) is 8.13. The van der Waals surface area contributed by atoms with Gasteiger partial charge in [0, 0.05) is 18.5 Å². The van der Waals surface area contributed by atoms with Crippen LogP contribution >= 0.6 is 0 Å². The highest BCUT2D eigenvalue weighted by molar-refractivity contribution is 5.91. The summed E-state index contributed by atoms with van der Waals surface area (Å²) in [5.74, 6) is 1.32. The number of ether oxygens (including phenoxy) is 1. The van der Waals surface area contributed by atoms with Crippen molar-refractivity contribution in [1.82, 2.24) is 19.5 Å². The van der Waals surface area contributed by atoms with Crippen molar-refractivity contribution in [2.24, 2.45) is 0 Å². The Kier molecular flexibility index (Phi) is 5.06. The fourth-order valence-corrected chi connectivity index (χ4v) is 2.65. The molecule has 138 valence electrons. The smallest absolute Gasteiger partial charge is 0.263 e. The summed E-state index contributed by atoms with van der Waals surface area (Å²) in [6.45, 7) is -0.116. The van der Waals surface area contributed by atoms with Gasteiger partial charge in [-0.3, -0.25) is 9.36 Å². The van der Waals surface area contributed by atoms with Gasteiger partial charge in [0.25, 0.3) is 5.91 Å². The first-order chi connectivity index (χ1) is 13.8. The Bertz CT molecular complexity index is 1050. The minimum absolute atomic E-state index is 0.116. The lowest BCUT2D eigenvalue weighted by molar-refractivity contribution is -0.118. The van der Waals surface area contributed by atoms with Gasteiger partial charge < -0.3 is 10.1 Å². The van der Waals surface area contributed by atoms with Gasteiger partial charge in [0.1, 0.15) is 30.0 Å². The van der Waals surface area contributed by atoms with E-state index in [1.54, 1.807) is 29.4 Å². The molecule has 0 radical (unpaired) electrons. The first-order valence-electron chi connectivity index (χ1n) is 8.66. The van der Waals surface area contributed by atoms with Gasteiger partial charge in [0.05, 0.1) is 0 Å². The average molecular weight is 371 g/mol. The molecule has 2 aromatic heterocycles. The summed E-state index contributed by atoms with van der Waals surface area (Å²) in [7, 11) is 0. The molecule has 0 saturated heterocycles. The lowest BCUT2D eigenvalue weighted by Gasteiger charge is -2.09. The maximum absolute atomic E-state index is 12.2. The van der Waals surface area contributed by atoms with E-state index in [2.05, 4.69) is 20.3 Å². The molecule has 0 fully saturated rings. The lowest BCUT2D eigenvalue weighted by Crippen LogP contribution is -2.21. The molecule has 0 spiro atoms. The first-order valence-corrected chi connectivity index (χ1v) is 8.66. The quantitative estimate of drug-likeness (QED) is 0.562. The SMILES string of the molecule is O=C(COc1ccc(-c2ccccc2)cc1)Nc1cc(-n2ccnc2)ncn1. The summed E-state index contributed by atoms with van der Waals surface area (Å²) in [5, 5.41) is 2.70. The molecule has 0 saturated carbocycles. The fraction of sp³-hybridized carbons (Fsp3) is 0.0476. The molecule has 7 nitrogen and oxygen atoms in total. The minimum atomic E-state index is -0.303. The Balaban J connectivity index is 1.34. The molecule has 28 heavy (non-hydrogen) atoms. The normalized spacial score (nSPS) is 10.4. The van der Waals surface area contributed by atoms with E-state index >= 15 is 0 Å². The van der Waals surface area contributed by atoms with Crippen molar-refractivity contribution in [3.63, 3.8) is 0 Å². The van der Waals surface area contributed by atoms with E-state index in [9.17, 15) is 4.79 Å². The molecule has 0 unspecified atom stereocenters. The zero-order valence-electron chi connectivity index (χ0n) is 14.9. The molecule has 7 heteroatoms. The molecule has 1 N–H and O–H groups in total. The summed E-state index contributed by atoms with van der Waals surface area (Å²) in [5.41, 5.74) is 2.22. The van der Waals surface area contributed by atoms with E-state index in [1.807, 2.05) is 54.6 Å². The van der Waals surface area contributed by atoms with Crippen molar-refractivity contribution < 1.29 is 9.53 Å². The standard InChI is InChI=1S/C21H17N5O2/c27-21(25-19-12-20(24-14-23-19)26-11-10-22-15-26)13-28-18-8-6-17(7-9-18)16-4-2-1-3-5-16/h1-12,14-15H,13H2,(H,23,24,25,27). The molecular weight excluding hydrogens is 354 g/mol. The van der Waals surface area contributed by atoms with Gasteiger partial charge in [-0.2, -0.15) is 0 Å². The van der Waals surface area contributed by atoms with Crippen LogP contribution in [0.2, 0.25) is 0 Å². The number of nitrogens with zero attached hydrogens (tertiary/aromatic N) is 4. The molecular formula is C21H17N5O2. The van der Waals surface area contributed by atoms with Crippen LogP contribution in [0.4, 0.5) is 5.82 Å². The van der Waals surface area contributed by atoms with Crippen LogP contribution in [0.3, 0.4) is 0 Å². The molecule has 0 atom stereocenters. The van der Waals surface area contributed by atoms with Crippen LogP contribution in [0.15, 0.2) is 85.7 Å². The molecule has 2 heterocycles. The second-order valence-corrected chi connectivity index (χ2v) is 5.96. The van der Waals surface area contributed by atoms with E-state index in [4.69, 9.17) is 4.74 Å². The largest absolute Gasteiger partial charge is 0.484 e. The van der Waals surface area contributed by atoms with Crippen molar-refractivity contribution in [3.05, 3.63) is 85.7 Å². The van der Waals surface area contributed by atoms with Crippen LogP contribution < -0.4 is 10.1 Å².